The second-order valence-electron chi connectivity index (χ2n) is 4.79. The van der Waals surface area contributed by atoms with Crippen molar-refractivity contribution in [2.45, 2.75) is 6.92 Å². The summed E-state index contributed by atoms with van der Waals surface area (Å²) in [5.74, 6) is 0.823. The summed E-state index contributed by atoms with van der Waals surface area (Å²) in [7, 11) is 0. The van der Waals surface area contributed by atoms with Crippen molar-refractivity contribution in [3.63, 3.8) is 0 Å². The first-order chi connectivity index (χ1) is 9.79. The molecule has 0 saturated carbocycles. The average molecular weight is 280 g/mol. The molecule has 20 heavy (non-hydrogen) atoms. The molecule has 1 aromatic carbocycles. The van der Waals surface area contributed by atoms with Crippen molar-refractivity contribution >= 4 is 22.3 Å². The van der Waals surface area contributed by atoms with E-state index in [1.165, 1.54) is 5.56 Å². The number of furan rings is 1. The molecule has 0 spiro atoms. The molecule has 0 unspecified atom stereocenters. The fourth-order valence-electron chi connectivity index (χ4n) is 2.24. The summed E-state index contributed by atoms with van der Waals surface area (Å²) in [5.41, 5.74) is 4.11. The van der Waals surface area contributed by atoms with Crippen molar-refractivity contribution < 1.29 is 4.42 Å². The number of aryl methyl sites for hydroxylation is 1. The summed E-state index contributed by atoms with van der Waals surface area (Å²) in [6, 6.07) is 10.3. The maximum Gasteiger partial charge on any atom is 0.154 e. The lowest BCUT2D eigenvalue weighted by atomic mass is 10.2. The maximum absolute atomic E-state index is 5.90. The highest BCUT2D eigenvalue weighted by Gasteiger charge is 2.11. The van der Waals surface area contributed by atoms with Crippen LogP contribution in [0.5, 0.6) is 0 Å². The molecular weight excluding hydrogens is 268 g/mol. The molecule has 0 amide bonds. The molecule has 0 saturated heterocycles. The highest BCUT2D eigenvalue weighted by molar-refractivity contribution is 7.13. The summed E-state index contributed by atoms with van der Waals surface area (Å²) in [6.07, 6.45) is 3.85. The van der Waals surface area contributed by atoms with Crippen LogP contribution in [0.1, 0.15) is 5.56 Å². The number of aromatic amines is 1. The van der Waals surface area contributed by atoms with E-state index < -0.39 is 0 Å². The Hall–Kier alpha value is -2.33. The van der Waals surface area contributed by atoms with Gasteiger partial charge in [0, 0.05) is 28.7 Å². The molecule has 98 valence electrons. The fourth-order valence-corrected chi connectivity index (χ4v) is 3.05. The molecule has 1 N–H and O–H groups in total. The topological polar surface area (TPSA) is 41.8 Å². The molecule has 0 radical (unpaired) electrons. The largest absolute Gasteiger partial charge is 0.454 e. The molecule has 4 heteroatoms. The minimum atomic E-state index is 0.823. The summed E-state index contributed by atoms with van der Waals surface area (Å²) in [6.45, 7) is 2.06. The first kappa shape index (κ1) is 11.5. The van der Waals surface area contributed by atoms with Crippen LogP contribution in [0.4, 0.5) is 0 Å². The molecule has 3 aromatic heterocycles. The molecule has 0 aliphatic heterocycles. The van der Waals surface area contributed by atoms with Crippen LogP contribution in [0.25, 0.3) is 33.0 Å². The zero-order valence-electron chi connectivity index (χ0n) is 10.9. The van der Waals surface area contributed by atoms with Crippen molar-refractivity contribution in [2.24, 2.45) is 0 Å². The van der Waals surface area contributed by atoms with Gasteiger partial charge in [0.2, 0.25) is 0 Å². The Kier molecular flexibility index (Phi) is 2.50. The summed E-state index contributed by atoms with van der Waals surface area (Å²) < 4.78 is 5.90. The molecule has 3 heterocycles. The Morgan fingerprint density at radius 2 is 2.15 bits per heavy atom. The van der Waals surface area contributed by atoms with Crippen molar-refractivity contribution in [3.8, 4) is 22.0 Å². The zero-order valence-corrected chi connectivity index (χ0v) is 11.7. The molecule has 3 nitrogen and oxygen atoms in total. The quantitative estimate of drug-likeness (QED) is 0.569. The van der Waals surface area contributed by atoms with Gasteiger partial charge in [-0.1, -0.05) is 12.1 Å². The number of nitrogens with one attached hydrogen (secondary N) is 1. The first-order valence-electron chi connectivity index (χ1n) is 6.39. The number of hydrogen-bond donors (Lipinski definition) is 1. The lowest BCUT2D eigenvalue weighted by Gasteiger charge is -1.90. The normalized spacial score (nSPS) is 11.2. The number of H-pyrrole nitrogens is 1. The number of fused-ring (bicyclic) bond motifs is 1. The van der Waals surface area contributed by atoms with Gasteiger partial charge in [-0.25, -0.2) is 4.98 Å². The molecule has 4 aromatic rings. The van der Waals surface area contributed by atoms with Crippen LogP contribution in [0.2, 0.25) is 0 Å². The third-order valence-electron chi connectivity index (χ3n) is 3.28. The second-order valence-corrected chi connectivity index (χ2v) is 5.65. The Morgan fingerprint density at radius 3 is 3.00 bits per heavy atom. The van der Waals surface area contributed by atoms with Gasteiger partial charge in [0.05, 0.1) is 0 Å². The predicted octanol–water partition coefficient (Wildman–Crippen LogP) is 4.86. The molecular formula is C16H12N2OS. The lowest BCUT2D eigenvalue weighted by molar-refractivity contribution is 0.629. The van der Waals surface area contributed by atoms with Crippen molar-refractivity contribution in [1.82, 2.24) is 9.97 Å². The van der Waals surface area contributed by atoms with Gasteiger partial charge in [-0.2, -0.15) is 0 Å². The Bertz CT molecular complexity index is 871. The van der Waals surface area contributed by atoms with E-state index in [0.717, 1.165) is 33.0 Å². The van der Waals surface area contributed by atoms with E-state index in [-0.39, 0.29) is 0 Å². The first-order valence-corrected chi connectivity index (χ1v) is 7.27. The predicted molar refractivity (Wildman–Crippen MR) is 81.8 cm³/mol. The van der Waals surface area contributed by atoms with Gasteiger partial charge in [0.15, 0.2) is 5.76 Å². The van der Waals surface area contributed by atoms with Crippen LogP contribution >= 0.6 is 11.3 Å². The van der Waals surface area contributed by atoms with Gasteiger partial charge in [0.25, 0.3) is 0 Å². The minimum absolute atomic E-state index is 0.823. The zero-order chi connectivity index (χ0) is 13.5. The molecule has 0 bridgehead atoms. The van der Waals surface area contributed by atoms with E-state index in [1.54, 1.807) is 11.3 Å². The monoisotopic (exact) mass is 280 g/mol. The van der Waals surface area contributed by atoms with E-state index in [0.29, 0.717) is 0 Å². The average Bonchev–Trinajstić information content (AvgIpc) is 3.17. The second kappa shape index (κ2) is 4.35. The van der Waals surface area contributed by atoms with E-state index in [9.17, 15) is 0 Å². The number of rotatable bonds is 2. The number of benzene rings is 1. The highest BCUT2D eigenvalue weighted by atomic mass is 32.1. The van der Waals surface area contributed by atoms with E-state index in [2.05, 4.69) is 35.1 Å². The van der Waals surface area contributed by atoms with E-state index >= 15 is 0 Å². The Balaban J connectivity index is 1.79. The summed E-state index contributed by atoms with van der Waals surface area (Å²) in [4.78, 5) is 7.69. The molecule has 0 aliphatic rings. The number of aromatic nitrogens is 2. The Morgan fingerprint density at radius 1 is 1.20 bits per heavy atom. The maximum atomic E-state index is 5.90. The number of nitrogens with zero attached hydrogens (tertiary/aromatic N) is 1. The van der Waals surface area contributed by atoms with Gasteiger partial charge in [0.1, 0.15) is 16.3 Å². The molecule has 0 atom stereocenters. The molecule has 0 aliphatic carbocycles. The SMILES string of the molecule is Cc1ccc2cc(-c3csc(-c4cc[nH]c4)n3)oc2c1. The van der Waals surface area contributed by atoms with Gasteiger partial charge >= 0.3 is 0 Å². The summed E-state index contributed by atoms with van der Waals surface area (Å²) in [5, 5.41) is 4.15. The highest BCUT2D eigenvalue weighted by Crippen LogP contribution is 2.32. The van der Waals surface area contributed by atoms with Gasteiger partial charge in [-0.3, -0.25) is 0 Å². The lowest BCUT2D eigenvalue weighted by Crippen LogP contribution is -1.74. The number of thiazole rings is 1. The third kappa shape index (κ3) is 1.85. The van der Waals surface area contributed by atoms with E-state index in [1.807, 2.05) is 29.9 Å². The van der Waals surface area contributed by atoms with Crippen LogP contribution in [0, 0.1) is 6.92 Å². The smallest absolute Gasteiger partial charge is 0.154 e. The van der Waals surface area contributed by atoms with Crippen LogP contribution in [0.15, 0.2) is 52.5 Å². The van der Waals surface area contributed by atoms with Crippen molar-refractivity contribution in [3.05, 3.63) is 53.7 Å². The fraction of sp³-hybridized carbons (Fsp3) is 0.0625. The minimum Gasteiger partial charge on any atom is -0.454 e. The van der Waals surface area contributed by atoms with Crippen LogP contribution < -0.4 is 0 Å². The standard InChI is InChI=1S/C16H12N2OS/c1-10-2-3-11-7-15(19-14(11)6-10)13-9-20-16(18-13)12-4-5-17-8-12/h2-9,17H,1H3. The van der Waals surface area contributed by atoms with Gasteiger partial charge in [-0.05, 0) is 30.7 Å². The van der Waals surface area contributed by atoms with Gasteiger partial charge in [-0.15, -0.1) is 11.3 Å². The third-order valence-corrected chi connectivity index (χ3v) is 4.17. The summed E-state index contributed by atoms with van der Waals surface area (Å²) >= 11 is 1.62. The van der Waals surface area contributed by atoms with Crippen LogP contribution in [-0.2, 0) is 0 Å². The van der Waals surface area contributed by atoms with Crippen molar-refractivity contribution in [1.29, 1.82) is 0 Å². The van der Waals surface area contributed by atoms with Crippen LogP contribution in [-0.4, -0.2) is 9.97 Å². The molecule has 0 fully saturated rings. The van der Waals surface area contributed by atoms with Crippen LogP contribution in [0.3, 0.4) is 0 Å². The Labute approximate surface area is 119 Å². The number of hydrogen-bond acceptors (Lipinski definition) is 3. The molecule has 4 rings (SSSR count). The van der Waals surface area contributed by atoms with Crippen molar-refractivity contribution in [2.75, 3.05) is 0 Å². The van der Waals surface area contributed by atoms with Gasteiger partial charge < -0.3 is 9.40 Å². The van der Waals surface area contributed by atoms with E-state index in [4.69, 9.17) is 4.42 Å².